The number of hydrogen-bond donors (Lipinski definition) is 2. The number of rotatable bonds is 9. The summed E-state index contributed by atoms with van der Waals surface area (Å²) in [4.78, 5) is 35.5. The molecule has 0 saturated heterocycles. The summed E-state index contributed by atoms with van der Waals surface area (Å²) < 4.78 is 24.5. The summed E-state index contributed by atoms with van der Waals surface area (Å²) in [5.41, 5.74) is 8.71. The molecule has 3 N–H and O–H groups in total. The lowest BCUT2D eigenvalue weighted by Gasteiger charge is -2.14. The van der Waals surface area contributed by atoms with Crippen LogP contribution in [0.2, 0.25) is 0 Å². The van der Waals surface area contributed by atoms with Crippen molar-refractivity contribution >= 4 is 29.7 Å². The highest BCUT2D eigenvalue weighted by Crippen LogP contribution is 2.24. The molecule has 1 aromatic heterocycles. The van der Waals surface area contributed by atoms with Crippen molar-refractivity contribution in [2.45, 2.75) is 19.4 Å². The van der Waals surface area contributed by atoms with Crippen molar-refractivity contribution in [1.82, 2.24) is 9.78 Å². The van der Waals surface area contributed by atoms with Crippen LogP contribution >= 0.6 is 0 Å². The second kappa shape index (κ2) is 11.6. The number of aromatic nitrogens is 2. The van der Waals surface area contributed by atoms with Crippen LogP contribution in [0.4, 0.5) is 14.9 Å². The molecule has 0 radical (unpaired) electrons. The Morgan fingerprint density at radius 1 is 1.14 bits per heavy atom. The molecule has 1 atom stereocenters. The van der Waals surface area contributed by atoms with Gasteiger partial charge in [0.2, 0.25) is 5.91 Å². The number of aryl methyl sites for hydroxylation is 1. The highest BCUT2D eigenvalue weighted by molar-refractivity contribution is 6.02. The summed E-state index contributed by atoms with van der Waals surface area (Å²) in [6.45, 7) is 1.73. The lowest BCUT2D eigenvalue weighted by Crippen LogP contribution is -2.35. The Hall–Kier alpha value is -4.47. The Morgan fingerprint density at radius 2 is 1.83 bits per heavy atom. The standard InChI is InChI=1S/C25H25FN4O5/c1-3-34-25(33)35-21(24(27)32)14-16-4-11-20(12-5-16)29-22(31)13-8-18-15-28-30(2)23(18)17-6-9-19(26)10-7-17/h4-13,15,21H,3,14H2,1-2H3,(H2,27,32)(H,29,31). The number of ether oxygens (including phenoxy) is 2. The third-order valence-electron chi connectivity index (χ3n) is 4.96. The van der Waals surface area contributed by atoms with E-state index < -0.39 is 18.2 Å². The summed E-state index contributed by atoms with van der Waals surface area (Å²) in [6, 6.07) is 12.7. The number of anilines is 1. The molecule has 1 heterocycles. The Bertz CT molecular complexity index is 1220. The number of halogens is 1. The van der Waals surface area contributed by atoms with Gasteiger partial charge in [-0.3, -0.25) is 14.3 Å². The van der Waals surface area contributed by atoms with Gasteiger partial charge in [0, 0.05) is 36.4 Å². The average Bonchev–Trinajstić information content (AvgIpc) is 3.19. The number of benzene rings is 2. The van der Waals surface area contributed by atoms with Gasteiger partial charge in [0.25, 0.3) is 5.91 Å². The third kappa shape index (κ3) is 7.00. The van der Waals surface area contributed by atoms with E-state index in [2.05, 4.69) is 15.2 Å². The van der Waals surface area contributed by atoms with Gasteiger partial charge in [-0.15, -0.1) is 0 Å². The molecule has 3 aromatic rings. The van der Waals surface area contributed by atoms with E-state index in [-0.39, 0.29) is 24.8 Å². The van der Waals surface area contributed by atoms with E-state index in [0.717, 1.165) is 11.3 Å². The summed E-state index contributed by atoms with van der Waals surface area (Å²) >= 11 is 0. The van der Waals surface area contributed by atoms with Crippen LogP contribution in [0.3, 0.4) is 0 Å². The molecular formula is C25H25FN4O5. The van der Waals surface area contributed by atoms with Crippen LogP contribution in [0.1, 0.15) is 18.1 Å². The average molecular weight is 480 g/mol. The lowest BCUT2D eigenvalue weighted by atomic mass is 10.1. The van der Waals surface area contributed by atoms with E-state index in [1.165, 1.54) is 18.2 Å². The fourth-order valence-corrected chi connectivity index (χ4v) is 3.29. The van der Waals surface area contributed by atoms with Crippen LogP contribution in [-0.4, -0.2) is 40.5 Å². The minimum atomic E-state index is -1.17. The van der Waals surface area contributed by atoms with Gasteiger partial charge < -0.3 is 20.5 Å². The van der Waals surface area contributed by atoms with Crippen molar-refractivity contribution in [2.24, 2.45) is 12.8 Å². The monoisotopic (exact) mass is 480 g/mol. The van der Waals surface area contributed by atoms with Crippen molar-refractivity contribution in [3.05, 3.63) is 77.7 Å². The van der Waals surface area contributed by atoms with E-state index in [9.17, 15) is 18.8 Å². The molecule has 35 heavy (non-hydrogen) atoms. The summed E-state index contributed by atoms with van der Waals surface area (Å²) in [5.74, 6) is -1.50. The Morgan fingerprint density at radius 3 is 2.46 bits per heavy atom. The molecule has 0 saturated carbocycles. The van der Waals surface area contributed by atoms with Crippen LogP contribution in [-0.2, 0) is 32.5 Å². The number of primary amides is 1. The Balaban J connectivity index is 1.63. The number of amides is 2. The maximum absolute atomic E-state index is 13.3. The molecule has 1 unspecified atom stereocenters. The zero-order valence-corrected chi connectivity index (χ0v) is 19.2. The van der Waals surface area contributed by atoms with Gasteiger partial charge in [-0.25, -0.2) is 9.18 Å². The minimum Gasteiger partial charge on any atom is -0.435 e. The summed E-state index contributed by atoms with van der Waals surface area (Å²) in [5, 5.41) is 6.96. The fourth-order valence-electron chi connectivity index (χ4n) is 3.29. The molecule has 0 aliphatic rings. The first-order valence-electron chi connectivity index (χ1n) is 10.8. The lowest BCUT2D eigenvalue weighted by molar-refractivity contribution is -0.127. The van der Waals surface area contributed by atoms with Crippen molar-refractivity contribution < 1.29 is 28.2 Å². The van der Waals surface area contributed by atoms with Crippen LogP contribution in [0, 0.1) is 5.82 Å². The first-order valence-corrected chi connectivity index (χ1v) is 10.8. The number of nitrogens with zero attached hydrogens (tertiary/aromatic N) is 2. The molecule has 0 bridgehead atoms. The summed E-state index contributed by atoms with van der Waals surface area (Å²) in [6.07, 6.45) is 2.53. The highest BCUT2D eigenvalue weighted by atomic mass is 19.1. The zero-order chi connectivity index (χ0) is 25.4. The van der Waals surface area contributed by atoms with Gasteiger partial charge in [-0.05, 0) is 55.0 Å². The van der Waals surface area contributed by atoms with Gasteiger partial charge in [-0.1, -0.05) is 12.1 Å². The molecule has 10 heteroatoms. The predicted octanol–water partition coefficient (Wildman–Crippen LogP) is 3.45. The molecule has 3 rings (SSSR count). The van der Waals surface area contributed by atoms with Gasteiger partial charge >= 0.3 is 6.16 Å². The van der Waals surface area contributed by atoms with Gasteiger partial charge in [0.15, 0.2) is 6.10 Å². The molecule has 9 nitrogen and oxygen atoms in total. The van der Waals surface area contributed by atoms with Gasteiger partial charge in [-0.2, -0.15) is 5.10 Å². The van der Waals surface area contributed by atoms with E-state index >= 15 is 0 Å². The van der Waals surface area contributed by atoms with E-state index in [1.54, 1.807) is 67.3 Å². The highest BCUT2D eigenvalue weighted by Gasteiger charge is 2.21. The quantitative estimate of drug-likeness (QED) is 0.357. The number of carbonyl (C=O) groups excluding carboxylic acids is 3. The molecule has 0 fully saturated rings. The van der Waals surface area contributed by atoms with E-state index in [4.69, 9.17) is 10.5 Å². The Kier molecular flexibility index (Phi) is 8.33. The second-order valence-electron chi connectivity index (χ2n) is 7.49. The predicted molar refractivity (Wildman–Crippen MR) is 128 cm³/mol. The molecule has 182 valence electrons. The van der Waals surface area contributed by atoms with E-state index in [1.807, 2.05) is 0 Å². The van der Waals surface area contributed by atoms with Crippen molar-refractivity contribution in [3.8, 4) is 11.3 Å². The number of nitrogens with two attached hydrogens (primary N) is 1. The number of hydrogen-bond acceptors (Lipinski definition) is 6. The normalized spacial score (nSPS) is 11.7. The second-order valence-corrected chi connectivity index (χ2v) is 7.49. The molecule has 0 aliphatic carbocycles. The minimum absolute atomic E-state index is 0.0649. The maximum atomic E-state index is 13.3. The maximum Gasteiger partial charge on any atom is 0.509 e. The van der Waals surface area contributed by atoms with Crippen LogP contribution in [0.15, 0.2) is 60.8 Å². The van der Waals surface area contributed by atoms with Crippen LogP contribution < -0.4 is 11.1 Å². The molecule has 2 amide bonds. The van der Waals surface area contributed by atoms with E-state index in [0.29, 0.717) is 16.8 Å². The topological polar surface area (TPSA) is 126 Å². The first-order chi connectivity index (χ1) is 16.8. The van der Waals surface area contributed by atoms with Crippen molar-refractivity contribution in [3.63, 3.8) is 0 Å². The smallest absolute Gasteiger partial charge is 0.435 e. The molecule has 0 spiro atoms. The van der Waals surface area contributed by atoms with Crippen molar-refractivity contribution in [2.75, 3.05) is 11.9 Å². The van der Waals surface area contributed by atoms with Gasteiger partial charge in [0.1, 0.15) is 5.82 Å². The molecule has 0 aliphatic heterocycles. The van der Waals surface area contributed by atoms with Crippen molar-refractivity contribution in [1.29, 1.82) is 0 Å². The molecular weight excluding hydrogens is 455 g/mol. The number of nitrogens with one attached hydrogen (secondary N) is 1. The SMILES string of the molecule is CCOC(=O)OC(Cc1ccc(NC(=O)C=Cc2cnn(C)c2-c2ccc(F)cc2)cc1)C(N)=O. The first kappa shape index (κ1) is 25.2. The summed E-state index contributed by atoms with van der Waals surface area (Å²) in [7, 11) is 1.76. The number of carbonyl (C=O) groups is 3. The van der Waals surface area contributed by atoms with Crippen LogP contribution in [0.5, 0.6) is 0 Å². The Labute approximate surface area is 201 Å². The molecule has 2 aromatic carbocycles. The fraction of sp³-hybridized carbons (Fsp3) is 0.200. The van der Waals surface area contributed by atoms with Crippen LogP contribution in [0.25, 0.3) is 17.3 Å². The third-order valence-corrected chi connectivity index (χ3v) is 4.96. The zero-order valence-electron chi connectivity index (χ0n) is 19.2. The largest absolute Gasteiger partial charge is 0.509 e. The van der Waals surface area contributed by atoms with Gasteiger partial charge in [0.05, 0.1) is 18.5 Å².